The molecular formula is C14H10FN3O3. The lowest BCUT2D eigenvalue weighted by molar-refractivity contribution is -0.134. The minimum atomic E-state index is -0.703. The van der Waals surface area contributed by atoms with Crippen molar-refractivity contribution in [1.29, 1.82) is 0 Å². The zero-order valence-electron chi connectivity index (χ0n) is 10.7. The van der Waals surface area contributed by atoms with Gasteiger partial charge in [0.05, 0.1) is 5.69 Å². The first-order chi connectivity index (χ1) is 10.0. The van der Waals surface area contributed by atoms with Gasteiger partial charge in [-0.05, 0) is 18.2 Å². The molecule has 0 saturated heterocycles. The number of nitrogens with two attached hydrogens (primary N) is 1. The third kappa shape index (κ3) is 2.40. The Kier molecular flexibility index (Phi) is 3.02. The fourth-order valence-electron chi connectivity index (χ4n) is 1.97. The summed E-state index contributed by atoms with van der Waals surface area (Å²) in [5.41, 5.74) is 5.87. The van der Waals surface area contributed by atoms with E-state index in [0.717, 1.165) is 6.07 Å². The third-order valence-corrected chi connectivity index (χ3v) is 3.04. The molecule has 1 aromatic carbocycles. The van der Waals surface area contributed by atoms with Gasteiger partial charge < -0.3 is 15.8 Å². The second-order valence-electron chi connectivity index (χ2n) is 4.48. The normalized spacial score (nSPS) is 13.6. The van der Waals surface area contributed by atoms with Crippen molar-refractivity contribution in [1.82, 2.24) is 4.98 Å². The van der Waals surface area contributed by atoms with Gasteiger partial charge in [0, 0.05) is 24.2 Å². The van der Waals surface area contributed by atoms with Crippen LogP contribution in [-0.4, -0.2) is 16.7 Å². The van der Waals surface area contributed by atoms with Crippen molar-refractivity contribution in [3.63, 3.8) is 0 Å². The molecule has 0 unspecified atom stereocenters. The first-order valence-electron chi connectivity index (χ1n) is 6.09. The van der Waals surface area contributed by atoms with E-state index in [4.69, 9.17) is 10.5 Å². The summed E-state index contributed by atoms with van der Waals surface area (Å²) in [5, 5.41) is 2.38. The van der Waals surface area contributed by atoms with Crippen LogP contribution < -0.4 is 15.8 Å². The number of rotatable bonds is 2. The molecule has 1 aliphatic rings. The van der Waals surface area contributed by atoms with E-state index < -0.39 is 17.5 Å². The summed E-state index contributed by atoms with van der Waals surface area (Å²) in [6, 6.07) is 5.57. The molecule has 1 aromatic heterocycles. The fraction of sp³-hybridized carbons (Fsp3) is 0.0714. The van der Waals surface area contributed by atoms with E-state index in [1.54, 1.807) is 0 Å². The van der Waals surface area contributed by atoms with Crippen LogP contribution in [0.15, 0.2) is 30.5 Å². The van der Waals surface area contributed by atoms with Crippen molar-refractivity contribution in [3.05, 3.63) is 41.8 Å². The fourth-order valence-corrected chi connectivity index (χ4v) is 1.97. The molecule has 3 N–H and O–H groups in total. The number of anilines is 2. The third-order valence-electron chi connectivity index (χ3n) is 3.04. The highest BCUT2D eigenvalue weighted by atomic mass is 19.1. The average Bonchev–Trinajstić information content (AvgIpc) is 2.45. The lowest BCUT2D eigenvalue weighted by atomic mass is 10.0. The number of Topliss-reactive ketones (excluding diaryl/α,β-unsaturated/α-hetero) is 1. The van der Waals surface area contributed by atoms with Gasteiger partial charge in [0.25, 0.3) is 5.91 Å². The van der Waals surface area contributed by atoms with Crippen LogP contribution in [0, 0.1) is 5.82 Å². The Balaban J connectivity index is 1.96. The number of ketones is 1. The summed E-state index contributed by atoms with van der Waals surface area (Å²) in [4.78, 5) is 26.8. The standard InChI is InChI=1S/C14H10FN3O3/c15-9-5-7(1-2-10(9)16)21-12-3-4-17-13-8(12)6-11(19)14(20)18-13/h1-5H,6,16H2,(H,17,18,20). The second-order valence-corrected chi connectivity index (χ2v) is 4.48. The number of benzene rings is 1. The number of nitrogen functional groups attached to an aromatic ring is 1. The largest absolute Gasteiger partial charge is 0.457 e. The van der Waals surface area contributed by atoms with Gasteiger partial charge in [-0.25, -0.2) is 9.37 Å². The van der Waals surface area contributed by atoms with Crippen LogP contribution in [0.5, 0.6) is 11.5 Å². The molecule has 6 nitrogen and oxygen atoms in total. The number of amides is 1. The van der Waals surface area contributed by atoms with E-state index in [1.165, 1.54) is 24.4 Å². The molecule has 0 radical (unpaired) electrons. The first-order valence-corrected chi connectivity index (χ1v) is 6.09. The molecular weight excluding hydrogens is 277 g/mol. The summed E-state index contributed by atoms with van der Waals surface area (Å²) < 4.78 is 19.0. The van der Waals surface area contributed by atoms with Crippen LogP contribution in [0.1, 0.15) is 5.56 Å². The molecule has 3 rings (SSSR count). The van der Waals surface area contributed by atoms with Gasteiger partial charge in [0.2, 0.25) is 5.78 Å². The van der Waals surface area contributed by atoms with Crippen molar-refractivity contribution >= 4 is 23.2 Å². The molecule has 0 atom stereocenters. The summed E-state index contributed by atoms with van der Waals surface area (Å²) in [5.74, 6) is -1.04. The molecule has 1 aliphatic heterocycles. The van der Waals surface area contributed by atoms with Crippen molar-refractivity contribution < 1.29 is 18.7 Å². The Morgan fingerprint density at radius 1 is 1.29 bits per heavy atom. The quantitative estimate of drug-likeness (QED) is 0.647. The smallest absolute Gasteiger partial charge is 0.293 e. The van der Waals surface area contributed by atoms with Gasteiger partial charge in [0.15, 0.2) is 0 Å². The predicted molar refractivity (Wildman–Crippen MR) is 72.5 cm³/mol. The summed E-state index contributed by atoms with van der Waals surface area (Å²) in [7, 11) is 0. The molecule has 1 amide bonds. The van der Waals surface area contributed by atoms with E-state index >= 15 is 0 Å². The van der Waals surface area contributed by atoms with Crippen molar-refractivity contribution in [2.24, 2.45) is 0 Å². The Hall–Kier alpha value is -2.96. The first kappa shape index (κ1) is 13.0. The SMILES string of the molecule is Nc1ccc(Oc2ccnc3c2CC(=O)C(=O)N3)cc1F. The highest BCUT2D eigenvalue weighted by Crippen LogP contribution is 2.32. The molecule has 0 aliphatic carbocycles. The zero-order valence-corrected chi connectivity index (χ0v) is 10.7. The van der Waals surface area contributed by atoms with Crippen LogP contribution in [0.25, 0.3) is 0 Å². The van der Waals surface area contributed by atoms with Gasteiger partial charge in [-0.1, -0.05) is 0 Å². The number of aromatic nitrogens is 1. The Morgan fingerprint density at radius 2 is 2.10 bits per heavy atom. The number of carbonyl (C=O) groups is 2. The number of carbonyl (C=O) groups excluding carboxylic acids is 2. The van der Waals surface area contributed by atoms with E-state index in [9.17, 15) is 14.0 Å². The van der Waals surface area contributed by atoms with E-state index in [2.05, 4.69) is 10.3 Å². The monoisotopic (exact) mass is 287 g/mol. The predicted octanol–water partition coefficient (Wildman–Crippen LogP) is 1.66. The number of hydrogen-bond acceptors (Lipinski definition) is 5. The van der Waals surface area contributed by atoms with Gasteiger partial charge in [-0.2, -0.15) is 0 Å². The topological polar surface area (TPSA) is 94.3 Å². The molecule has 0 saturated carbocycles. The minimum absolute atomic E-state index is 0.0153. The zero-order chi connectivity index (χ0) is 15.0. The van der Waals surface area contributed by atoms with Gasteiger partial charge >= 0.3 is 0 Å². The van der Waals surface area contributed by atoms with Gasteiger partial charge in [-0.15, -0.1) is 0 Å². The number of halogens is 1. The number of pyridine rings is 1. The number of fused-ring (bicyclic) bond motifs is 1. The Labute approximate surface area is 118 Å². The van der Waals surface area contributed by atoms with Crippen molar-refractivity contribution in [3.8, 4) is 11.5 Å². The molecule has 21 heavy (non-hydrogen) atoms. The van der Waals surface area contributed by atoms with Gasteiger partial charge in [0.1, 0.15) is 23.1 Å². The molecule has 0 fully saturated rings. The van der Waals surface area contributed by atoms with E-state index in [0.29, 0.717) is 11.3 Å². The molecule has 2 heterocycles. The van der Waals surface area contributed by atoms with Gasteiger partial charge in [-0.3, -0.25) is 9.59 Å². The summed E-state index contributed by atoms with van der Waals surface area (Å²) >= 11 is 0. The van der Waals surface area contributed by atoms with Crippen LogP contribution in [-0.2, 0) is 16.0 Å². The highest BCUT2D eigenvalue weighted by Gasteiger charge is 2.27. The van der Waals surface area contributed by atoms with Crippen LogP contribution in [0.2, 0.25) is 0 Å². The van der Waals surface area contributed by atoms with Crippen LogP contribution in [0.4, 0.5) is 15.9 Å². The summed E-state index contributed by atoms with van der Waals surface area (Å²) in [6.45, 7) is 0. The van der Waals surface area contributed by atoms with Crippen LogP contribution >= 0.6 is 0 Å². The maximum Gasteiger partial charge on any atom is 0.293 e. The van der Waals surface area contributed by atoms with E-state index in [-0.39, 0.29) is 23.7 Å². The lowest BCUT2D eigenvalue weighted by Gasteiger charge is -2.18. The minimum Gasteiger partial charge on any atom is -0.457 e. The maximum atomic E-state index is 13.4. The molecule has 0 bridgehead atoms. The average molecular weight is 287 g/mol. The Morgan fingerprint density at radius 3 is 2.86 bits per heavy atom. The van der Waals surface area contributed by atoms with Crippen LogP contribution in [0.3, 0.4) is 0 Å². The molecule has 106 valence electrons. The highest BCUT2D eigenvalue weighted by molar-refractivity contribution is 6.42. The van der Waals surface area contributed by atoms with Crippen molar-refractivity contribution in [2.75, 3.05) is 11.1 Å². The lowest BCUT2D eigenvalue weighted by Crippen LogP contribution is -2.30. The maximum absolute atomic E-state index is 13.4. The van der Waals surface area contributed by atoms with Crippen molar-refractivity contribution in [2.45, 2.75) is 6.42 Å². The number of nitrogens with one attached hydrogen (secondary N) is 1. The number of hydrogen-bond donors (Lipinski definition) is 2. The molecule has 0 spiro atoms. The number of ether oxygens (including phenoxy) is 1. The molecule has 2 aromatic rings. The van der Waals surface area contributed by atoms with E-state index in [1.807, 2.05) is 0 Å². The Bertz CT molecular complexity index is 761. The summed E-state index contributed by atoms with van der Waals surface area (Å²) in [6.07, 6.45) is 1.32. The number of nitrogens with zero attached hydrogens (tertiary/aromatic N) is 1. The second kappa shape index (κ2) is 4.86. The molecule has 7 heteroatoms.